The molecule has 0 amide bonds. The minimum absolute atomic E-state index is 0.274. The Morgan fingerprint density at radius 3 is 2.56 bits per heavy atom. The molecule has 1 atom stereocenters. The second-order valence-corrected chi connectivity index (χ2v) is 4.70. The quantitative estimate of drug-likeness (QED) is 0.719. The van der Waals surface area contributed by atoms with Gasteiger partial charge in [0.15, 0.2) is 0 Å². The van der Waals surface area contributed by atoms with Crippen LogP contribution in [0.2, 0.25) is 0 Å². The number of likely N-dealkylation sites (tertiary alicyclic amines) is 1. The number of nitrogens with two attached hydrogens (primary N) is 1. The van der Waals surface area contributed by atoms with Crippen LogP contribution in [0, 0.1) is 5.92 Å². The molecule has 1 rings (SSSR count). The Hall–Kier alpha value is -0.610. The van der Waals surface area contributed by atoms with Crippen molar-refractivity contribution in [2.75, 3.05) is 19.6 Å². The summed E-state index contributed by atoms with van der Waals surface area (Å²) < 4.78 is 0. The molecular formula is C12H24N2O2. The molecule has 1 aliphatic rings. The summed E-state index contributed by atoms with van der Waals surface area (Å²) in [4.78, 5) is 13.3. The Bertz CT molecular complexity index is 213. The third-order valence-corrected chi connectivity index (χ3v) is 3.51. The van der Waals surface area contributed by atoms with Crippen molar-refractivity contribution in [1.29, 1.82) is 0 Å². The summed E-state index contributed by atoms with van der Waals surface area (Å²) in [6.07, 6.45) is 4.98. The molecule has 0 radical (unpaired) electrons. The average molecular weight is 228 g/mol. The lowest BCUT2D eigenvalue weighted by atomic mass is 9.92. The third-order valence-electron chi connectivity index (χ3n) is 3.51. The Kier molecular flexibility index (Phi) is 5.77. The molecule has 1 heterocycles. The van der Waals surface area contributed by atoms with E-state index in [1.165, 1.54) is 0 Å². The fraction of sp³-hybridized carbons (Fsp3) is 0.917. The first-order valence-corrected chi connectivity index (χ1v) is 6.36. The molecule has 3 N–H and O–H groups in total. The SMILES string of the molecule is CCCC(C(=O)O)N1CCC(CCN)CC1. The molecule has 1 aliphatic heterocycles. The standard InChI is InChI=1S/C12H24N2O2/c1-2-3-11(12(15)16)14-8-5-10(4-7-13)6-9-14/h10-11H,2-9,13H2,1H3,(H,15,16). The van der Waals surface area contributed by atoms with Crippen LogP contribution < -0.4 is 5.73 Å². The Morgan fingerprint density at radius 1 is 1.50 bits per heavy atom. The van der Waals surface area contributed by atoms with Gasteiger partial charge in [-0.2, -0.15) is 0 Å². The van der Waals surface area contributed by atoms with Crippen molar-refractivity contribution in [3.8, 4) is 0 Å². The average Bonchev–Trinajstić information content (AvgIpc) is 2.27. The third kappa shape index (κ3) is 3.76. The van der Waals surface area contributed by atoms with E-state index in [9.17, 15) is 4.79 Å². The van der Waals surface area contributed by atoms with E-state index in [-0.39, 0.29) is 6.04 Å². The molecular weight excluding hydrogens is 204 g/mol. The van der Waals surface area contributed by atoms with Crippen LogP contribution in [0.25, 0.3) is 0 Å². The maximum Gasteiger partial charge on any atom is 0.320 e. The van der Waals surface area contributed by atoms with Crippen LogP contribution in [0.3, 0.4) is 0 Å². The van der Waals surface area contributed by atoms with Crippen molar-refractivity contribution >= 4 is 5.97 Å². The summed E-state index contributed by atoms with van der Waals surface area (Å²) in [5, 5.41) is 9.16. The predicted octanol–water partition coefficient (Wildman–Crippen LogP) is 1.30. The minimum Gasteiger partial charge on any atom is -0.480 e. The highest BCUT2D eigenvalue weighted by molar-refractivity contribution is 5.73. The van der Waals surface area contributed by atoms with E-state index in [1.54, 1.807) is 0 Å². The van der Waals surface area contributed by atoms with Gasteiger partial charge in [0, 0.05) is 0 Å². The number of rotatable bonds is 6. The van der Waals surface area contributed by atoms with Gasteiger partial charge in [0.1, 0.15) is 6.04 Å². The lowest BCUT2D eigenvalue weighted by Gasteiger charge is -2.35. The Labute approximate surface area is 97.8 Å². The fourth-order valence-corrected chi connectivity index (χ4v) is 2.52. The second-order valence-electron chi connectivity index (χ2n) is 4.70. The molecule has 0 aromatic heterocycles. The zero-order valence-electron chi connectivity index (χ0n) is 10.2. The largest absolute Gasteiger partial charge is 0.480 e. The van der Waals surface area contributed by atoms with Crippen molar-refractivity contribution < 1.29 is 9.90 Å². The lowest BCUT2D eigenvalue weighted by Crippen LogP contribution is -2.45. The molecule has 1 saturated heterocycles. The lowest BCUT2D eigenvalue weighted by molar-refractivity contribution is -0.144. The smallest absolute Gasteiger partial charge is 0.320 e. The van der Waals surface area contributed by atoms with Crippen molar-refractivity contribution in [3.05, 3.63) is 0 Å². The summed E-state index contributed by atoms with van der Waals surface area (Å²) in [6.45, 7) is 4.63. The van der Waals surface area contributed by atoms with Crippen molar-refractivity contribution in [1.82, 2.24) is 4.90 Å². The minimum atomic E-state index is -0.667. The van der Waals surface area contributed by atoms with Gasteiger partial charge >= 0.3 is 5.97 Å². The normalized spacial score (nSPS) is 20.9. The monoisotopic (exact) mass is 228 g/mol. The van der Waals surface area contributed by atoms with Crippen LogP contribution in [-0.2, 0) is 4.79 Å². The number of nitrogens with zero attached hydrogens (tertiary/aromatic N) is 1. The second kappa shape index (κ2) is 6.86. The molecule has 0 bridgehead atoms. The van der Waals surface area contributed by atoms with Crippen molar-refractivity contribution in [2.45, 2.75) is 45.1 Å². The number of hydrogen-bond donors (Lipinski definition) is 2. The molecule has 1 unspecified atom stereocenters. The summed E-state index contributed by atoms with van der Waals surface area (Å²) >= 11 is 0. The van der Waals surface area contributed by atoms with Crippen molar-refractivity contribution in [3.63, 3.8) is 0 Å². The first-order valence-electron chi connectivity index (χ1n) is 6.36. The fourth-order valence-electron chi connectivity index (χ4n) is 2.52. The topological polar surface area (TPSA) is 66.6 Å². The van der Waals surface area contributed by atoms with E-state index in [1.807, 2.05) is 6.92 Å². The molecule has 1 fully saturated rings. The molecule has 94 valence electrons. The van der Waals surface area contributed by atoms with Gasteiger partial charge in [0.05, 0.1) is 0 Å². The maximum absolute atomic E-state index is 11.1. The Morgan fingerprint density at radius 2 is 2.12 bits per heavy atom. The number of hydrogen-bond acceptors (Lipinski definition) is 3. The van der Waals surface area contributed by atoms with Gasteiger partial charge in [-0.05, 0) is 51.2 Å². The Balaban J connectivity index is 2.41. The summed E-state index contributed by atoms with van der Waals surface area (Å²) in [6, 6.07) is -0.274. The van der Waals surface area contributed by atoms with Gasteiger partial charge in [-0.25, -0.2) is 0 Å². The van der Waals surface area contributed by atoms with Gasteiger partial charge in [0.25, 0.3) is 0 Å². The van der Waals surface area contributed by atoms with Gasteiger partial charge in [0.2, 0.25) is 0 Å². The van der Waals surface area contributed by atoms with Crippen LogP contribution in [-0.4, -0.2) is 41.7 Å². The number of aliphatic carboxylic acids is 1. The summed E-state index contributed by atoms with van der Waals surface area (Å²) in [5.41, 5.74) is 5.54. The van der Waals surface area contributed by atoms with E-state index in [4.69, 9.17) is 10.8 Å². The maximum atomic E-state index is 11.1. The molecule has 16 heavy (non-hydrogen) atoms. The van der Waals surface area contributed by atoms with Crippen LogP contribution in [0.5, 0.6) is 0 Å². The van der Waals surface area contributed by atoms with Gasteiger partial charge in [-0.3, -0.25) is 9.69 Å². The van der Waals surface area contributed by atoms with E-state index in [0.29, 0.717) is 5.92 Å². The molecule has 4 nitrogen and oxygen atoms in total. The number of carboxylic acid groups (broad SMARTS) is 1. The van der Waals surface area contributed by atoms with E-state index >= 15 is 0 Å². The number of piperidine rings is 1. The van der Waals surface area contributed by atoms with Crippen LogP contribution in [0.1, 0.15) is 39.0 Å². The van der Waals surface area contributed by atoms with E-state index in [0.717, 1.165) is 51.7 Å². The van der Waals surface area contributed by atoms with Crippen LogP contribution in [0.15, 0.2) is 0 Å². The zero-order valence-corrected chi connectivity index (χ0v) is 10.2. The van der Waals surface area contributed by atoms with Gasteiger partial charge in [-0.15, -0.1) is 0 Å². The highest BCUT2D eigenvalue weighted by Crippen LogP contribution is 2.22. The molecule has 0 saturated carbocycles. The molecule has 0 aromatic carbocycles. The summed E-state index contributed by atoms with van der Waals surface area (Å²) in [5.74, 6) is 0.0384. The van der Waals surface area contributed by atoms with Crippen LogP contribution >= 0.6 is 0 Å². The summed E-state index contributed by atoms with van der Waals surface area (Å²) in [7, 11) is 0. The van der Waals surface area contributed by atoms with E-state index < -0.39 is 5.97 Å². The molecule has 0 aromatic rings. The van der Waals surface area contributed by atoms with Gasteiger partial charge in [-0.1, -0.05) is 13.3 Å². The highest BCUT2D eigenvalue weighted by atomic mass is 16.4. The number of carboxylic acids is 1. The highest BCUT2D eigenvalue weighted by Gasteiger charge is 2.28. The van der Waals surface area contributed by atoms with Gasteiger partial charge < -0.3 is 10.8 Å². The zero-order chi connectivity index (χ0) is 12.0. The van der Waals surface area contributed by atoms with E-state index in [2.05, 4.69) is 4.90 Å². The first-order chi connectivity index (χ1) is 7.69. The van der Waals surface area contributed by atoms with Crippen molar-refractivity contribution in [2.24, 2.45) is 11.7 Å². The van der Waals surface area contributed by atoms with Crippen LogP contribution in [0.4, 0.5) is 0 Å². The predicted molar refractivity (Wildman–Crippen MR) is 64.3 cm³/mol. The molecule has 0 aliphatic carbocycles. The first kappa shape index (κ1) is 13.5. The molecule has 0 spiro atoms. The number of carbonyl (C=O) groups is 1. The molecule has 4 heteroatoms.